The molecule has 0 radical (unpaired) electrons. The normalized spacial score (nSPS) is 21.3. The first-order valence-electron chi connectivity index (χ1n) is 18.3. The molecule has 3 aromatic carbocycles. The first-order chi connectivity index (χ1) is 27.2. The monoisotopic (exact) mass is 800 g/mol. The van der Waals surface area contributed by atoms with Crippen LogP contribution in [-0.2, 0) is 36.1 Å². The molecule has 8 rings (SSSR count). The van der Waals surface area contributed by atoms with Crippen LogP contribution in [0.15, 0.2) is 74.6 Å². The van der Waals surface area contributed by atoms with Crippen molar-refractivity contribution in [2.45, 2.75) is 51.7 Å². The number of imide groups is 1. The Bertz CT molecular complexity index is 2750. The first-order valence-corrected chi connectivity index (χ1v) is 18.7. The smallest absolute Gasteiger partial charge is 0.347 e. The average Bonchev–Trinajstić information content (AvgIpc) is 3.56. The number of hydrogen-bond donors (Lipinski definition) is 1. The van der Waals surface area contributed by atoms with Crippen molar-refractivity contribution in [3.05, 3.63) is 114 Å². The number of carbonyl (C=O) groups excluding carboxylic acids is 2. The summed E-state index contributed by atoms with van der Waals surface area (Å²) in [6.45, 7) is 3.48. The van der Waals surface area contributed by atoms with Crippen molar-refractivity contribution in [3.8, 4) is 23.0 Å². The number of nitrogens with zero attached hydrogens (tertiary/aromatic N) is 6. The molecule has 15 nitrogen and oxygen atoms in total. The topological polar surface area (TPSA) is 169 Å². The molecule has 0 bridgehead atoms. The van der Waals surface area contributed by atoms with E-state index in [0.29, 0.717) is 33.7 Å². The van der Waals surface area contributed by atoms with E-state index in [1.165, 1.54) is 46.3 Å². The third-order valence-corrected chi connectivity index (χ3v) is 11.9. The van der Waals surface area contributed by atoms with Crippen LogP contribution in [0.4, 0.5) is 10.1 Å². The highest BCUT2D eigenvalue weighted by Gasteiger charge is 2.65. The van der Waals surface area contributed by atoms with Crippen LogP contribution in [-0.4, -0.2) is 61.2 Å². The van der Waals surface area contributed by atoms with Gasteiger partial charge in [-0.15, -0.1) is 0 Å². The zero-order chi connectivity index (χ0) is 40.7. The molecule has 1 aliphatic carbocycles. The van der Waals surface area contributed by atoms with Gasteiger partial charge in [-0.1, -0.05) is 23.7 Å². The highest BCUT2D eigenvalue weighted by Crippen LogP contribution is 2.61. The molecule has 4 atom stereocenters. The summed E-state index contributed by atoms with van der Waals surface area (Å²) in [5.41, 5.74) is -0.806. The van der Waals surface area contributed by atoms with Gasteiger partial charge in [0, 0.05) is 38.1 Å². The largest absolute Gasteiger partial charge is 0.504 e. The van der Waals surface area contributed by atoms with Crippen molar-refractivity contribution >= 4 is 40.1 Å². The van der Waals surface area contributed by atoms with Crippen molar-refractivity contribution in [2.75, 3.05) is 25.7 Å². The van der Waals surface area contributed by atoms with Gasteiger partial charge in [-0.3, -0.25) is 14.4 Å². The summed E-state index contributed by atoms with van der Waals surface area (Å²) in [6.07, 6.45) is 1.72. The summed E-state index contributed by atoms with van der Waals surface area (Å²) < 4.78 is 35.8. The lowest BCUT2D eigenvalue weighted by Crippen LogP contribution is -2.49. The standard InChI is InChI=1S/C40H38ClFN6O9/c1-6-57-31-15-20(7-10-30(31)49)34-22-11-14-46-38(53)45(13-12-26-36(51)44(3)29-19-33(56-5)32(55-4)18-27(29)43-26)39(54)48(46)28(22)17-23-35(50)47(37(52)40(23,34)2)21-8-9-25(42)24(41)16-21/h7-11,15-16,18-19,23,28,34,49H,6,12-14,17H2,1-5H3/t23-,28+,34-,40+/m0/s1. The Labute approximate surface area is 328 Å². The molecule has 1 saturated heterocycles. The van der Waals surface area contributed by atoms with E-state index in [-0.39, 0.29) is 60.4 Å². The number of allylic oxidation sites excluding steroid dienone is 2. The second-order valence-electron chi connectivity index (χ2n) is 14.5. The Balaban J connectivity index is 1.22. The van der Waals surface area contributed by atoms with Crippen LogP contribution in [0.25, 0.3) is 11.0 Å². The molecule has 1 saturated carbocycles. The fourth-order valence-electron chi connectivity index (χ4n) is 8.84. The second kappa shape index (κ2) is 13.8. The number of amides is 2. The van der Waals surface area contributed by atoms with Crippen LogP contribution in [0.1, 0.15) is 43.5 Å². The number of methoxy groups -OCH3 is 2. The van der Waals surface area contributed by atoms with Gasteiger partial charge in [0.25, 0.3) is 5.56 Å². The Hall–Kier alpha value is -6.16. The van der Waals surface area contributed by atoms with Gasteiger partial charge in [0.2, 0.25) is 11.8 Å². The number of ether oxygens (including phenoxy) is 3. The minimum Gasteiger partial charge on any atom is -0.504 e. The predicted molar refractivity (Wildman–Crippen MR) is 206 cm³/mol. The van der Waals surface area contributed by atoms with Gasteiger partial charge in [0.1, 0.15) is 11.5 Å². The van der Waals surface area contributed by atoms with Gasteiger partial charge < -0.3 is 23.9 Å². The second-order valence-corrected chi connectivity index (χ2v) is 14.9. The molecule has 2 fully saturated rings. The molecule has 2 aromatic heterocycles. The van der Waals surface area contributed by atoms with E-state index >= 15 is 0 Å². The maximum absolute atomic E-state index is 14.7. The molecular formula is C40H38ClFN6O9. The summed E-state index contributed by atoms with van der Waals surface area (Å²) in [6, 6.07) is 10.7. The van der Waals surface area contributed by atoms with Gasteiger partial charge in [-0.2, -0.15) is 0 Å². The number of aromatic nitrogens is 5. The SMILES string of the molecule is CCOc1cc([C@H]2C3=CCn4c(=O)n(CCc5nc6cc(OC)c(OC)cc6n(C)c5=O)c(=O)n4[C@@H]3C[C@H]3C(=O)N(c4ccc(F)c(Cl)c4)C(=O)[C@@]23C)ccc1O. The number of phenolic OH excluding ortho intramolecular Hbond substituents is 1. The molecule has 296 valence electrons. The van der Waals surface area contributed by atoms with Crippen molar-refractivity contribution < 1.29 is 33.3 Å². The Morgan fingerprint density at radius 2 is 1.72 bits per heavy atom. The van der Waals surface area contributed by atoms with Gasteiger partial charge in [-0.05, 0) is 61.7 Å². The Kier molecular flexibility index (Phi) is 9.13. The van der Waals surface area contributed by atoms with E-state index in [4.69, 9.17) is 25.8 Å². The third-order valence-electron chi connectivity index (χ3n) is 11.6. The lowest BCUT2D eigenvalue weighted by Gasteiger charge is -2.47. The fourth-order valence-corrected chi connectivity index (χ4v) is 9.01. The maximum Gasteiger partial charge on any atom is 0.347 e. The van der Waals surface area contributed by atoms with E-state index in [0.717, 1.165) is 15.5 Å². The highest BCUT2D eigenvalue weighted by molar-refractivity contribution is 6.31. The van der Waals surface area contributed by atoms with Crippen LogP contribution in [0.3, 0.4) is 0 Å². The predicted octanol–water partition coefficient (Wildman–Crippen LogP) is 4.08. The summed E-state index contributed by atoms with van der Waals surface area (Å²) in [5.74, 6) is -2.82. The summed E-state index contributed by atoms with van der Waals surface area (Å²) in [7, 11) is 4.56. The van der Waals surface area contributed by atoms with Gasteiger partial charge in [-0.25, -0.2) is 37.8 Å². The number of aryl methyl sites for hydroxylation is 2. The van der Waals surface area contributed by atoms with Gasteiger partial charge in [0.05, 0.1) is 66.5 Å². The van der Waals surface area contributed by atoms with Crippen molar-refractivity contribution in [1.82, 2.24) is 23.5 Å². The molecular weight excluding hydrogens is 763 g/mol. The highest BCUT2D eigenvalue weighted by atomic mass is 35.5. The first kappa shape index (κ1) is 37.7. The zero-order valence-corrected chi connectivity index (χ0v) is 32.4. The van der Waals surface area contributed by atoms with Crippen LogP contribution >= 0.6 is 11.6 Å². The minimum absolute atomic E-state index is 0.0212. The van der Waals surface area contributed by atoms with Crippen LogP contribution < -0.4 is 36.0 Å². The van der Waals surface area contributed by atoms with Crippen molar-refractivity contribution in [3.63, 3.8) is 0 Å². The Morgan fingerprint density at radius 3 is 2.42 bits per heavy atom. The quantitative estimate of drug-likeness (QED) is 0.169. The number of aromatic hydroxyl groups is 1. The van der Waals surface area contributed by atoms with E-state index < -0.39 is 57.9 Å². The number of halogens is 2. The van der Waals surface area contributed by atoms with Crippen LogP contribution in [0.5, 0.6) is 23.0 Å². The molecule has 2 aliphatic heterocycles. The average molecular weight is 801 g/mol. The Morgan fingerprint density at radius 1 is 0.982 bits per heavy atom. The molecule has 5 aromatic rings. The number of fused-ring (bicyclic) bond motifs is 5. The molecule has 4 heterocycles. The van der Waals surface area contributed by atoms with Gasteiger partial charge >= 0.3 is 11.4 Å². The number of phenols is 1. The number of benzene rings is 3. The summed E-state index contributed by atoms with van der Waals surface area (Å²) >= 11 is 6.11. The van der Waals surface area contributed by atoms with Crippen molar-refractivity contribution in [1.29, 1.82) is 0 Å². The lowest BCUT2D eigenvalue weighted by molar-refractivity contribution is -0.129. The number of rotatable bonds is 9. The lowest BCUT2D eigenvalue weighted by atomic mass is 9.56. The fraction of sp³-hybridized carbons (Fsp3) is 0.350. The molecule has 2 amide bonds. The van der Waals surface area contributed by atoms with Crippen LogP contribution in [0.2, 0.25) is 5.02 Å². The maximum atomic E-state index is 14.7. The molecule has 17 heteroatoms. The molecule has 3 aliphatic rings. The number of carbonyl (C=O) groups is 2. The summed E-state index contributed by atoms with van der Waals surface area (Å²) in [4.78, 5) is 76.6. The van der Waals surface area contributed by atoms with Gasteiger partial charge in [0.15, 0.2) is 23.0 Å². The minimum atomic E-state index is -1.43. The van der Waals surface area contributed by atoms with E-state index in [9.17, 15) is 33.5 Å². The van der Waals surface area contributed by atoms with E-state index in [1.807, 2.05) is 0 Å². The number of hydrogen-bond acceptors (Lipinski definition) is 10. The zero-order valence-electron chi connectivity index (χ0n) is 31.6. The van der Waals surface area contributed by atoms with E-state index in [1.54, 1.807) is 51.2 Å². The third kappa shape index (κ3) is 5.59. The van der Waals surface area contributed by atoms with Crippen molar-refractivity contribution in [2.24, 2.45) is 18.4 Å². The molecule has 57 heavy (non-hydrogen) atoms. The summed E-state index contributed by atoms with van der Waals surface area (Å²) in [5, 5.41) is 10.3. The molecule has 0 spiro atoms. The van der Waals surface area contributed by atoms with Crippen LogP contribution in [0, 0.1) is 17.2 Å². The molecule has 0 unspecified atom stereocenters. The number of anilines is 1. The molecule has 1 N–H and O–H groups in total. The van der Waals surface area contributed by atoms with E-state index in [2.05, 4.69) is 4.98 Å².